The first-order valence-corrected chi connectivity index (χ1v) is 4.94. The molecule has 0 aliphatic heterocycles. The minimum atomic E-state index is -0.139. The molecule has 2 atom stereocenters. The summed E-state index contributed by atoms with van der Waals surface area (Å²) in [4.78, 5) is 0. The normalized spacial score (nSPS) is 17.4. The highest BCUT2D eigenvalue weighted by Gasteiger charge is 2.13. The lowest BCUT2D eigenvalue weighted by molar-refractivity contribution is 0.105. The highest BCUT2D eigenvalue weighted by molar-refractivity contribution is 9.09. The molecule has 0 saturated heterocycles. The van der Waals surface area contributed by atoms with Gasteiger partial charge in [0.25, 0.3) is 0 Å². The number of hydrogen-bond acceptors (Lipinski definition) is 1. The molecule has 0 fully saturated rings. The van der Waals surface area contributed by atoms with E-state index in [2.05, 4.69) is 36.7 Å². The van der Waals surface area contributed by atoms with Gasteiger partial charge < -0.3 is 5.11 Å². The van der Waals surface area contributed by atoms with E-state index in [-0.39, 0.29) is 6.10 Å². The van der Waals surface area contributed by atoms with E-state index in [1.54, 1.807) is 0 Å². The molecule has 0 spiro atoms. The third-order valence-corrected chi connectivity index (χ3v) is 2.63. The van der Waals surface area contributed by atoms with Crippen molar-refractivity contribution in [3.63, 3.8) is 0 Å². The van der Waals surface area contributed by atoms with Crippen LogP contribution in [0.25, 0.3) is 0 Å². The Morgan fingerprint density at radius 1 is 1.30 bits per heavy atom. The van der Waals surface area contributed by atoms with Gasteiger partial charge in [-0.2, -0.15) is 0 Å². The number of alkyl halides is 1. The Balaban J connectivity index is 3.50. The van der Waals surface area contributed by atoms with Crippen molar-refractivity contribution >= 4 is 15.9 Å². The maximum atomic E-state index is 9.46. The smallest absolute Gasteiger partial charge is 0.0576 e. The zero-order chi connectivity index (χ0) is 8.15. The van der Waals surface area contributed by atoms with E-state index in [1.165, 1.54) is 0 Å². The molecule has 0 aliphatic rings. The van der Waals surface area contributed by atoms with E-state index in [4.69, 9.17) is 0 Å². The van der Waals surface area contributed by atoms with Crippen molar-refractivity contribution in [1.82, 2.24) is 0 Å². The molecule has 1 nitrogen and oxygen atoms in total. The van der Waals surface area contributed by atoms with Gasteiger partial charge in [-0.1, -0.05) is 36.7 Å². The minimum Gasteiger partial charge on any atom is -0.393 e. The fourth-order valence-electron chi connectivity index (χ4n) is 0.818. The van der Waals surface area contributed by atoms with E-state index in [1.807, 2.05) is 0 Å². The highest BCUT2D eigenvalue weighted by Crippen LogP contribution is 2.14. The Morgan fingerprint density at radius 3 is 2.10 bits per heavy atom. The second-order valence-electron chi connectivity index (χ2n) is 3.33. The maximum Gasteiger partial charge on any atom is 0.0576 e. The average molecular weight is 209 g/mol. The SMILES string of the molecule is CC(C)CC(O)C(C)CBr. The van der Waals surface area contributed by atoms with Crippen LogP contribution in [0, 0.1) is 11.8 Å². The highest BCUT2D eigenvalue weighted by atomic mass is 79.9. The van der Waals surface area contributed by atoms with Crippen molar-refractivity contribution in [3.05, 3.63) is 0 Å². The maximum absolute atomic E-state index is 9.46. The molecule has 0 aromatic carbocycles. The lowest BCUT2D eigenvalue weighted by Crippen LogP contribution is -2.20. The molecule has 2 heteroatoms. The number of hydrogen-bond donors (Lipinski definition) is 1. The first-order chi connectivity index (χ1) is 4.57. The molecule has 2 unspecified atom stereocenters. The largest absolute Gasteiger partial charge is 0.393 e. The number of rotatable bonds is 4. The second-order valence-corrected chi connectivity index (χ2v) is 3.98. The molecule has 62 valence electrons. The third-order valence-electron chi connectivity index (χ3n) is 1.61. The lowest BCUT2D eigenvalue weighted by Gasteiger charge is -2.17. The zero-order valence-electron chi connectivity index (χ0n) is 6.97. The molecule has 10 heavy (non-hydrogen) atoms. The van der Waals surface area contributed by atoms with E-state index < -0.39 is 0 Å². The predicted molar refractivity (Wildman–Crippen MR) is 48.4 cm³/mol. The van der Waals surface area contributed by atoms with Crippen molar-refractivity contribution in [2.24, 2.45) is 11.8 Å². The molecular weight excluding hydrogens is 192 g/mol. The van der Waals surface area contributed by atoms with E-state index >= 15 is 0 Å². The monoisotopic (exact) mass is 208 g/mol. The predicted octanol–water partition coefficient (Wildman–Crippen LogP) is 2.42. The van der Waals surface area contributed by atoms with Crippen LogP contribution in [0.2, 0.25) is 0 Å². The van der Waals surface area contributed by atoms with Crippen LogP contribution in [0.5, 0.6) is 0 Å². The number of aliphatic hydroxyl groups is 1. The first-order valence-electron chi connectivity index (χ1n) is 3.82. The third kappa shape index (κ3) is 4.29. The molecule has 0 aromatic rings. The molecule has 0 bridgehead atoms. The van der Waals surface area contributed by atoms with Crippen LogP contribution >= 0.6 is 15.9 Å². The van der Waals surface area contributed by atoms with Gasteiger partial charge in [0.05, 0.1) is 6.10 Å². The molecule has 0 aliphatic carbocycles. The molecule has 0 rings (SSSR count). The Morgan fingerprint density at radius 2 is 1.80 bits per heavy atom. The Kier molecular flexibility index (Phi) is 5.36. The van der Waals surface area contributed by atoms with Gasteiger partial charge >= 0.3 is 0 Å². The summed E-state index contributed by atoms with van der Waals surface area (Å²) in [5, 5.41) is 10.3. The van der Waals surface area contributed by atoms with Gasteiger partial charge in [-0.3, -0.25) is 0 Å². The van der Waals surface area contributed by atoms with Crippen molar-refractivity contribution in [2.45, 2.75) is 33.3 Å². The summed E-state index contributed by atoms with van der Waals surface area (Å²) in [5.41, 5.74) is 0. The average Bonchev–Trinajstić information content (AvgIpc) is 1.85. The standard InChI is InChI=1S/C8H17BrO/c1-6(2)4-8(10)7(3)5-9/h6-8,10H,4-5H2,1-3H3. The first kappa shape index (κ1) is 10.4. The summed E-state index contributed by atoms with van der Waals surface area (Å²) in [5.74, 6) is 0.971. The van der Waals surface area contributed by atoms with Crippen LogP contribution in [0.1, 0.15) is 27.2 Å². The lowest BCUT2D eigenvalue weighted by atomic mass is 9.98. The van der Waals surface area contributed by atoms with Crippen LogP contribution in [0.3, 0.4) is 0 Å². The van der Waals surface area contributed by atoms with Crippen molar-refractivity contribution < 1.29 is 5.11 Å². The van der Waals surface area contributed by atoms with Gasteiger partial charge in [-0.15, -0.1) is 0 Å². The van der Waals surface area contributed by atoms with Gasteiger partial charge in [0.1, 0.15) is 0 Å². The molecule has 0 saturated carbocycles. The van der Waals surface area contributed by atoms with E-state index in [9.17, 15) is 5.11 Å². The van der Waals surface area contributed by atoms with Gasteiger partial charge in [-0.05, 0) is 18.3 Å². The van der Waals surface area contributed by atoms with Gasteiger partial charge in [-0.25, -0.2) is 0 Å². The summed E-state index contributed by atoms with van der Waals surface area (Å²) < 4.78 is 0. The molecule has 0 aromatic heterocycles. The van der Waals surface area contributed by atoms with Crippen molar-refractivity contribution in [1.29, 1.82) is 0 Å². The summed E-state index contributed by atoms with van der Waals surface area (Å²) in [7, 11) is 0. The molecule has 1 N–H and O–H groups in total. The molecule has 0 amide bonds. The second kappa shape index (κ2) is 5.14. The molecule has 0 heterocycles. The fourth-order valence-corrected chi connectivity index (χ4v) is 1.25. The van der Waals surface area contributed by atoms with Crippen LogP contribution < -0.4 is 0 Å². The van der Waals surface area contributed by atoms with Crippen LogP contribution in [0.4, 0.5) is 0 Å². The Hall–Kier alpha value is 0.440. The summed E-state index contributed by atoms with van der Waals surface area (Å²) in [6, 6.07) is 0. The summed E-state index contributed by atoms with van der Waals surface area (Å²) in [6.45, 7) is 6.32. The summed E-state index contributed by atoms with van der Waals surface area (Å²) >= 11 is 3.35. The number of aliphatic hydroxyl groups excluding tert-OH is 1. The minimum absolute atomic E-state index is 0.139. The van der Waals surface area contributed by atoms with Crippen LogP contribution in [-0.4, -0.2) is 16.5 Å². The topological polar surface area (TPSA) is 20.2 Å². The van der Waals surface area contributed by atoms with E-state index in [0.29, 0.717) is 11.8 Å². The Bertz CT molecular complexity index is 83.3. The van der Waals surface area contributed by atoms with Crippen LogP contribution in [0.15, 0.2) is 0 Å². The van der Waals surface area contributed by atoms with E-state index in [0.717, 1.165) is 11.8 Å². The number of halogens is 1. The van der Waals surface area contributed by atoms with Gasteiger partial charge in [0.15, 0.2) is 0 Å². The quantitative estimate of drug-likeness (QED) is 0.705. The molecule has 0 radical (unpaired) electrons. The van der Waals surface area contributed by atoms with Gasteiger partial charge in [0.2, 0.25) is 0 Å². The summed E-state index contributed by atoms with van der Waals surface area (Å²) in [6.07, 6.45) is 0.770. The van der Waals surface area contributed by atoms with Crippen LogP contribution in [-0.2, 0) is 0 Å². The van der Waals surface area contributed by atoms with Gasteiger partial charge in [0, 0.05) is 5.33 Å². The molecular formula is C8H17BrO. The Labute approximate surface area is 72.0 Å². The fraction of sp³-hybridized carbons (Fsp3) is 1.00. The van der Waals surface area contributed by atoms with Crippen molar-refractivity contribution in [3.8, 4) is 0 Å². The zero-order valence-corrected chi connectivity index (χ0v) is 8.56. The van der Waals surface area contributed by atoms with Crippen molar-refractivity contribution in [2.75, 3.05) is 5.33 Å².